The predicted molar refractivity (Wildman–Crippen MR) is 64.5 cm³/mol. The van der Waals surface area contributed by atoms with E-state index in [9.17, 15) is 9.90 Å². The van der Waals surface area contributed by atoms with Crippen LogP contribution in [0.3, 0.4) is 0 Å². The highest BCUT2D eigenvalue weighted by Crippen LogP contribution is 2.09. The van der Waals surface area contributed by atoms with Gasteiger partial charge < -0.3 is 15.7 Å². The fourth-order valence-electron chi connectivity index (χ4n) is 1.14. The maximum atomic E-state index is 11.4. The van der Waals surface area contributed by atoms with Crippen molar-refractivity contribution < 1.29 is 9.90 Å². The Balaban J connectivity index is 2.54. The van der Waals surface area contributed by atoms with Gasteiger partial charge in [-0.15, -0.1) is 0 Å². The second kappa shape index (κ2) is 5.32. The van der Waals surface area contributed by atoms with Gasteiger partial charge in [-0.25, -0.2) is 4.79 Å². The standard InChI is InChI=1S/C12H15N3O2/c1-12(2,17)8-14-11(16)15-10-5-3-4-9(6-10)7-13/h3-6,17H,8H2,1-2H3,(H2,14,15,16). The SMILES string of the molecule is CC(C)(O)CNC(=O)Nc1cccc(C#N)c1. The van der Waals surface area contributed by atoms with Gasteiger partial charge in [0.05, 0.1) is 17.2 Å². The number of hydrogen-bond donors (Lipinski definition) is 3. The summed E-state index contributed by atoms with van der Waals surface area (Å²) in [5.74, 6) is 0. The van der Waals surface area contributed by atoms with Crippen LogP contribution in [0.4, 0.5) is 10.5 Å². The number of anilines is 1. The van der Waals surface area contributed by atoms with Gasteiger partial charge in [0.25, 0.3) is 0 Å². The first-order chi connectivity index (χ1) is 7.90. The largest absolute Gasteiger partial charge is 0.389 e. The summed E-state index contributed by atoms with van der Waals surface area (Å²) < 4.78 is 0. The summed E-state index contributed by atoms with van der Waals surface area (Å²) in [5, 5.41) is 23.2. The van der Waals surface area contributed by atoms with Gasteiger partial charge in [-0.05, 0) is 32.0 Å². The molecule has 0 unspecified atom stereocenters. The van der Waals surface area contributed by atoms with E-state index >= 15 is 0 Å². The number of hydrogen-bond acceptors (Lipinski definition) is 3. The molecule has 90 valence electrons. The number of nitrogens with one attached hydrogen (secondary N) is 2. The molecular weight excluding hydrogens is 218 g/mol. The topological polar surface area (TPSA) is 85.2 Å². The van der Waals surface area contributed by atoms with E-state index in [-0.39, 0.29) is 6.54 Å². The van der Waals surface area contributed by atoms with Crippen molar-refractivity contribution in [3.8, 4) is 6.07 Å². The zero-order valence-corrected chi connectivity index (χ0v) is 9.82. The van der Waals surface area contributed by atoms with Gasteiger partial charge in [0.2, 0.25) is 0 Å². The van der Waals surface area contributed by atoms with Gasteiger partial charge in [-0.2, -0.15) is 5.26 Å². The van der Waals surface area contributed by atoms with Gasteiger partial charge in [-0.3, -0.25) is 0 Å². The highest BCUT2D eigenvalue weighted by atomic mass is 16.3. The molecule has 0 aromatic heterocycles. The van der Waals surface area contributed by atoms with Crippen LogP contribution in [0.2, 0.25) is 0 Å². The molecule has 0 saturated carbocycles. The Morgan fingerprint density at radius 2 is 2.24 bits per heavy atom. The zero-order valence-electron chi connectivity index (χ0n) is 9.82. The first-order valence-electron chi connectivity index (χ1n) is 5.18. The van der Waals surface area contributed by atoms with Crippen molar-refractivity contribution in [3.05, 3.63) is 29.8 Å². The van der Waals surface area contributed by atoms with Crippen LogP contribution < -0.4 is 10.6 Å². The maximum Gasteiger partial charge on any atom is 0.319 e. The molecule has 5 heteroatoms. The lowest BCUT2D eigenvalue weighted by Gasteiger charge is -2.17. The van der Waals surface area contributed by atoms with Crippen molar-refractivity contribution in [1.29, 1.82) is 5.26 Å². The minimum Gasteiger partial charge on any atom is -0.389 e. The van der Waals surface area contributed by atoms with E-state index in [1.54, 1.807) is 38.1 Å². The lowest BCUT2D eigenvalue weighted by Crippen LogP contribution is -2.40. The Bertz CT molecular complexity index is 444. The first kappa shape index (κ1) is 13.0. The fraction of sp³-hybridized carbons (Fsp3) is 0.333. The minimum absolute atomic E-state index is 0.150. The molecule has 0 aliphatic carbocycles. The highest BCUT2D eigenvalue weighted by Gasteiger charge is 2.13. The number of nitrogens with zero attached hydrogens (tertiary/aromatic N) is 1. The summed E-state index contributed by atoms with van der Waals surface area (Å²) in [6, 6.07) is 8.17. The molecule has 0 spiro atoms. The summed E-state index contributed by atoms with van der Waals surface area (Å²) >= 11 is 0. The van der Waals surface area contributed by atoms with Crippen LogP contribution in [0.15, 0.2) is 24.3 Å². The Kier molecular flexibility index (Phi) is 4.07. The van der Waals surface area contributed by atoms with Crippen molar-refractivity contribution in [2.45, 2.75) is 19.4 Å². The summed E-state index contributed by atoms with van der Waals surface area (Å²) in [7, 11) is 0. The number of rotatable bonds is 3. The lowest BCUT2D eigenvalue weighted by molar-refractivity contribution is 0.0826. The molecule has 17 heavy (non-hydrogen) atoms. The van der Waals surface area contributed by atoms with Gasteiger partial charge in [-0.1, -0.05) is 6.07 Å². The Morgan fingerprint density at radius 1 is 1.53 bits per heavy atom. The van der Waals surface area contributed by atoms with E-state index < -0.39 is 11.6 Å². The van der Waals surface area contributed by atoms with Gasteiger partial charge in [0, 0.05) is 12.2 Å². The fourth-order valence-corrected chi connectivity index (χ4v) is 1.14. The monoisotopic (exact) mass is 233 g/mol. The molecule has 0 bridgehead atoms. The average molecular weight is 233 g/mol. The minimum atomic E-state index is -0.953. The van der Waals surface area contributed by atoms with E-state index in [4.69, 9.17) is 5.26 Å². The van der Waals surface area contributed by atoms with Crippen LogP contribution in [-0.2, 0) is 0 Å². The van der Waals surface area contributed by atoms with Crippen molar-refractivity contribution in [3.63, 3.8) is 0 Å². The maximum absolute atomic E-state index is 11.4. The Labute approximate surface area is 100 Å². The van der Waals surface area contributed by atoms with Crippen LogP contribution in [-0.4, -0.2) is 23.3 Å². The quantitative estimate of drug-likeness (QED) is 0.738. The summed E-state index contributed by atoms with van der Waals surface area (Å²) in [6.45, 7) is 3.35. The average Bonchev–Trinajstić information content (AvgIpc) is 2.26. The molecule has 5 nitrogen and oxygen atoms in total. The van der Waals surface area contributed by atoms with Crippen LogP contribution in [0.5, 0.6) is 0 Å². The molecule has 0 atom stereocenters. The number of carbonyl (C=O) groups is 1. The van der Waals surface area contributed by atoms with Gasteiger partial charge >= 0.3 is 6.03 Å². The number of urea groups is 1. The number of aliphatic hydroxyl groups is 1. The molecule has 0 fully saturated rings. The van der Waals surface area contributed by atoms with Crippen molar-refractivity contribution >= 4 is 11.7 Å². The highest BCUT2D eigenvalue weighted by molar-refractivity contribution is 5.89. The molecule has 3 N–H and O–H groups in total. The Hall–Kier alpha value is -2.06. The molecule has 1 aromatic rings. The number of nitriles is 1. The van der Waals surface area contributed by atoms with Crippen LogP contribution in [0.25, 0.3) is 0 Å². The summed E-state index contributed by atoms with van der Waals surface area (Å²) in [5.41, 5.74) is 0.0637. The van der Waals surface area contributed by atoms with Gasteiger partial charge in [0.1, 0.15) is 0 Å². The number of amides is 2. The van der Waals surface area contributed by atoms with Crippen molar-refractivity contribution in [1.82, 2.24) is 5.32 Å². The van der Waals surface area contributed by atoms with Crippen LogP contribution in [0, 0.1) is 11.3 Å². The second-order valence-corrected chi connectivity index (χ2v) is 4.31. The van der Waals surface area contributed by atoms with Crippen LogP contribution >= 0.6 is 0 Å². The van der Waals surface area contributed by atoms with Gasteiger partial charge in [0.15, 0.2) is 0 Å². The molecule has 1 rings (SSSR count). The first-order valence-corrected chi connectivity index (χ1v) is 5.18. The third-order valence-corrected chi connectivity index (χ3v) is 1.93. The molecular formula is C12H15N3O2. The van der Waals surface area contributed by atoms with E-state index in [0.29, 0.717) is 11.3 Å². The van der Waals surface area contributed by atoms with Crippen molar-refractivity contribution in [2.24, 2.45) is 0 Å². The second-order valence-electron chi connectivity index (χ2n) is 4.31. The van der Waals surface area contributed by atoms with E-state index in [0.717, 1.165) is 0 Å². The molecule has 0 radical (unpaired) electrons. The smallest absolute Gasteiger partial charge is 0.319 e. The predicted octanol–water partition coefficient (Wildman–Crippen LogP) is 1.45. The van der Waals surface area contributed by atoms with Crippen LogP contribution in [0.1, 0.15) is 19.4 Å². The molecule has 0 aliphatic rings. The van der Waals surface area contributed by atoms with E-state index in [1.165, 1.54) is 0 Å². The third kappa shape index (κ3) is 5.00. The number of carbonyl (C=O) groups excluding carboxylic acids is 1. The van der Waals surface area contributed by atoms with Crippen molar-refractivity contribution in [2.75, 3.05) is 11.9 Å². The zero-order chi connectivity index (χ0) is 12.9. The molecule has 0 heterocycles. The van der Waals surface area contributed by atoms with E-state index in [1.807, 2.05) is 6.07 Å². The lowest BCUT2D eigenvalue weighted by atomic mass is 10.1. The number of benzene rings is 1. The molecule has 0 saturated heterocycles. The Morgan fingerprint density at radius 3 is 2.82 bits per heavy atom. The third-order valence-electron chi connectivity index (χ3n) is 1.93. The molecule has 1 aromatic carbocycles. The molecule has 2 amide bonds. The summed E-state index contributed by atoms with van der Waals surface area (Å²) in [6.07, 6.45) is 0. The van der Waals surface area contributed by atoms with E-state index in [2.05, 4.69) is 10.6 Å². The normalized spacial score (nSPS) is 10.5. The summed E-state index contributed by atoms with van der Waals surface area (Å²) in [4.78, 5) is 11.4. The molecule has 0 aliphatic heterocycles.